The Morgan fingerprint density at radius 2 is 1.76 bits per heavy atom. The Labute approximate surface area is 170 Å². The fraction of sp³-hybridized carbons (Fsp3) is 0.500. The maximum atomic E-state index is 13.3. The lowest BCUT2D eigenvalue weighted by atomic mass is 10.1. The van der Waals surface area contributed by atoms with E-state index in [9.17, 15) is 9.59 Å². The molecule has 154 valence electrons. The Hall–Kier alpha value is -2.83. The molecule has 7 nitrogen and oxygen atoms in total. The second-order valence-corrected chi connectivity index (χ2v) is 8.91. The highest BCUT2D eigenvalue weighted by Gasteiger charge is 2.30. The molecule has 0 saturated carbocycles. The summed E-state index contributed by atoms with van der Waals surface area (Å²) in [5.41, 5.74) is 3.86. The topological polar surface area (TPSA) is 65.1 Å². The second kappa shape index (κ2) is 6.90. The molecule has 3 aromatic rings. The predicted molar refractivity (Wildman–Crippen MR) is 116 cm³/mol. The van der Waals surface area contributed by atoms with Gasteiger partial charge < -0.3 is 9.47 Å². The Bertz CT molecular complexity index is 1190. The molecule has 1 aromatic carbocycles. The van der Waals surface area contributed by atoms with E-state index < -0.39 is 0 Å². The van der Waals surface area contributed by atoms with E-state index in [0.29, 0.717) is 30.2 Å². The molecule has 1 unspecified atom stereocenters. The number of hydrogen-bond acceptors (Lipinski definition) is 4. The zero-order chi connectivity index (χ0) is 21.0. The molecule has 4 rings (SSSR count). The van der Waals surface area contributed by atoms with Crippen LogP contribution in [0.1, 0.15) is 31.9 Å². The zero-order valence-corrected chi connectivity index (χ0v) is 18.1. The Balaban J connectivity index is 2.01. The van der Waals surface area contributed by atoms with Gasteiger partial charge in [0.15, 0.2) is 11.2 Å². The van der Waals surface area contributed by atoms with Gasteiger partial charge in [0.05, 0.1) is 0 Å². The number of hydrogen-bond donors (Lipinski definition) is 0. The van der Waals surface area contributed by atoms with Crippen molar-refractivity contribution in [2.24, 2.45) is 18.9 Å². The van der Waals surface area contributed by atoms with Crippen molar-refractivity contribution >= 4 is 22.8 Å². The maximum absolute atomic E-state index is 13.3. The van der Waals surface area contributed by atoms with E-state index >= 15 is 0 Å². The number of imidazole rings is 1. The van der Waals surface area contributed by atoms with Crippen molar-refractivity contribution in [3.05, 3.63) is 50.2 Å². The highest BCUT2D eigenvalue weighted by Crippen LogP contribution is 2.33. The van der Waals surface area contributed by atoms with Gasteiger partial charge in [-0.1, -0.05) is 26.8 Å². The van der Waals surface area contributed by atoms with Crippen LogP contribution in [0.3, 0.4) is 0 Å². The first-order chi connectivity index (χ1) is 13.7. The maximum Gasteiger partial charge on any atom is 0.332 e. The SMILES string of the molecule is Cc1cc(C)cc(N2CC(C)Cn3c2nc2c3c(=O)n(CC(C)C)c(=O)n2C)c1. The summed E-state index contributed by atoms with van der Waals surface area (Å²) in [7, 11) is 1.70. The summed E-state index contributed by atoms with van der Waals surface area (Å²) in [6.45, 7) is 12.3. The number of benzene rings is 1. The lowest BCUT2D eigenvalue weighted by Gasteiger charge is -2.33. The van der Waals surface area contributed by atoms with E-state index in [1.807, 2.05) is 18.4 Å². The molecule has 0 saturated heterocycles. The molecule has 0 fully saturated rings. The van der Waals surface area contributed by atoms with Gasteiger partial charge in [0.1, 0.15) is 0 Å². The highest BCUT2D eigenvalue weighted by molar-refractivity contribution is 5.77. The zero-order valence-electron chi connectivity index (χ0n) is 18.1. The number of aromatic nitrogens is 4. The lowest BCUT2D eigenvalue weighted by Crippen LogP contribution is -2.41. The molecular weight excluding hydrogens is 366 g/mol. The Morgan fingerprint density at radius 3 is 2.38 bits per heavy atom. The van der Waals surface area contributed by atoms with E-state index in [-0.39, 0.29) is 17.2 Å². The van der Waals surface area contributed by atoms with E-state index in [2.05, 4.69) is 43.9 Å². The second-order valence-electron chi connectivity index (χ2n) is 8.91. The van der Waals surface area contributed by atoms with Crippen molar-refractivity contribution in [2.45, 2.75) is 47.7 Å². The number of anilines is 2. The molecular formula is C22H29N5O2. The van der Waals surface area contributed by atoms with Gasteiger partial charge in [-0.15, -0.1) is 0 Å². The standard InChI is InChI=1S/C22H29N5O2/c1-13(2)10-27-20(28)18-19(24(6)22(27)29)23-21-25(11-16(5)12-26(18)21)17-8-14(3)7-15(4)9-17/h7-9,13,16H,10-12H2,1-6H3. The number of rotatable bonds is 3. The molecule has 0 radical (unpaired) electrons. The van der Waals surface area contributed by atoms with Crippen molar-refractivity contribution in [2.75, 3.05) is 11.4 Å². The summed E-state index contributed by atoms with van der Waals surface area (Å²) < 4.78 is 4.86. The summed E-state index contributed by atoms with van der Waals surface area (Å²) in [6, 6.07) is 6.43. The molecule has 0 N–H and O–H groups in total. The minimum absolute atomic E-state index is 0.201. The smallest absolute Gasteiger partial charge is 0.312 e. The van der Waals surface area contributed by atoms with Gasteiger partial charge in [0.25, 0.3) is 5.56 Å². The van der Waals surface area contributed by atoms with Gasteiger partial charge in [-0.2, -0.15) is 4.98 Å². The highest BCUT2D eigenvalue weighted by atomic mass is 16.2. The first-order valence-electron chi connectivity index (χ1n) is 10.2. The molecule has 7 heteroatoms. The number of fused-ring (bicyclic) bond motifs is 3. The molecule has 0 aliphatic carbocycles. The molecule has 1 aliphatic rings. The molecule has 3 heterocycles. The van der Waals surface area contributed by atoms with Crippen LogP contribution in [0.25, 0.3) is 11.2 Å². The van der Waals surface area contributed by atoms with Crippen LogP contribution in [0.2, 0.25) is 0 Å². The van der Waals surface area contributed by atoms with Crippen molar-refractivity contribution in [3.8, 4) is 0 Å². The molecule has 1 aliphatic heterocycles. The van der Waals surface area contributed by atoms with Gasteiger partial charge in [-0.05, 0) is 48.9 Å². The largest absolute Gasteiger partial charge is 0.332 e. The Kier molecular flexibility index (Phi) is 4.63. The summed E-state index contributed by atoms with van der Waals surface area (Å²) >= 11 is 0. The van der Waals surface area contributed by atoms with E-state index in [4.69, 9.17) is 4.98 Å². The van der Waals surface area contributed by atoms with Crippen LogP contribution in [-0.4, -0.2) is 25.2 Å². The third-order valence-corrected chi connectivity index (χ3v) is 5.51. The molecule has 0 bridgehead atoms. The molecule has 29 heavy (non-hydrogen) atoms. The van der Waals surface area contributed by atoms with Crippen LogP contribution < -0.4 is 16.1 Å². The van der Waals surface area contributed by atoms with Crippen LogP contribution in [0.15, 0.2) is 27.8 Å². The normalized spacial score (nSPS) is 16.7. The van der Waals surface area contributed by atoms with Crippen LogP contribution in [0, 0.1) is 25.7 Å². The molecule has 1 atom stereocenters. The predicted octanol–water partition coefficient (Wildman–Crippen LogP) is 2.96. The van der Waals surface area contributed by atoms with Gasteiger partial charge in [0, 0.05) is 32.4 Å². The van der Waals surface area contributed by atoms with Gasteiger partial charge in [-0.3, -0.25) is 13.9 Å². The third-order valence-electron chi connectivity index (χ3n) is 5.51. The van der Waals surface area contributed by atoms with Crippen molar-refractivity contribution in [1.29, 1.82) is 0 Å². The van der Waals surface area contributed by atoms with Crippen molar-refractivity contribution in [3.63, 3.8) is 0 Å². The average Bonchev–Trinajstić information content (AvgIpc) is 3.01. The Morgan fingerprint density at radius 1 is 1.10 bits per heavy atom. The minimum atomic E-state index is -0.308. The third kappa shape index (κ3) is 3.18. The van der Waals surface area contributed by atoms with E-state index in [1.54, 1.807) is 7.05 Å². The van der Waals surface area contributed by atoms with Gasteiger partial charge >= 0.3 is 5.69 Å². The quantitative estimate of drug-likeness (QED) is 0.684. The fourth-order valence-corrected chi connectivity index (χ4v) is 4.36. The van der Waals surface area contributed by atoms with Crippen LogP contribution in [0.4, 0.5) is 11.6 Å². The van der Waals surface area contributed by atoms with Crippen LogP contribution in [0.5, 0.6) is 0 Å². The van der Waals surface area contributed by atoms with Gasteiger partial charge in [0.2, 0.25) is 5.95 Å². The summed E-state index contributed by atoms with van der Waals surface area (Å²) in [4.78, 5) is 33.1. The van der Waals surface area contributed by atoms with E-state index in [0.717, 1.165) is 18.2 Å². The summed E-state index contributed by atoms with van der Waals surface area (Å²) in [5, 5.41) is 0. The number of nitrogens with zero attached hydrogens (tertiary/aromatic N) is 5. The van der Waals surface area contributed by atoms with E-state index in [1.165, 1.54) is 20.3 Å². The first-order valence-corrected chi connectivity index (χ1v) is 10.2. The summed E-state index contributed by atoms with van der Waals surface area (Å²) in [6.07, 6.45) is 0. The fourth-order valence-electron chi connectivity index (χ4n) is 4.36. The van der Waals surface area contributed by atoms with Crippen molar-refractivity contribution in [1.82, 2.24) is 18.7 Å². The van der Waals surface area contributed by atoms with Crippen LogP contribution in [-0.2, 0) is 20.1 Å². The monoisotopic (exact) mass is 395 g/mol. The van der Waals surface area contributed by atoms with Gasteiger partial charge in [-0.25, -0.2) is 4.79 Å². The molecule has 0 spiro atoms. The van der Waals surface area contributed by atoms with Crippen LogP contribution >= 0.6 is 0 Å². The van der Waals surface area contributed by atoms with Crippen molar-refractivity contribution < 1.29 is 0 Å². The molecule has 2 aromatic heterocycles. The number of aryl methyl sites for hydroxylation is 3. The summed E-state index contributed by atoms with van der Waals surface area (Å²) in [5.74, 6) is 1.28. The molecule has 0 amide bonds. The minimum Gasteiger partial charge on any atom is -0.312 e. The lowest BCUT2D eigenvalue weighted by molar-refractivity contribution is 0.454. The first kappa shape index (κ1) is 19.5. The average molecular weight is 396 g/mol.